The maximum atomic E-state index is 14.0. The van der Waals surface area contributed by atoms with Crippen molar-refractivity contribution in [1.82, 2.24) is 4.72 Å². The van der Waals surface area contributed by atoms with Gasteiger partial charge in [-0.15, -0.1) is 0 Å². The highest BCUT2D eigenvalue weighted by atomic mass is 32.2. The molecule has 1 aliphatic rings. The molecule has 3 N–H and O–H groups in total. The van der Waals surface area contributed by atoms with E-state index in [1.165, 1.54) is 13.0 Å². The van der Waals surface area contributed by atoms with Gasteiger partial charge in [-0.3, -0.25) is 0 Å². The Labute approximate surface area is 124 Å². The quantitative estimate of drug-likeness (QED) is 0.814. The second-order valence-electron chi connectivity index (χ2n) is 5.32. The van der Waals surface area contributed by atoms with Gasteiger partial charge in [0, 0.05) is 18.8 Å². The predicted molar refractivity (Wildman–Crippen MR) is 78.9 cm³/mol. The minimum atomic E-state index is -3.90. The Morgan fingerprint density at radius 2 is 2.19 bits per heavy atom. The molecule has 0 radical (unpaired) electrons. The number of aryl methyl sites for hydroxylation is 1. The van der Waals surface area contributed by atoms with Gasteiger partial charge in [-0.2, -0.15) is 0 Å². The fourth-order valence-corrected chi connectivity index (χ4v) is 3.66. The SMILES string of the molecule is Cc1cc(N)cc(S(=O)(=O)NCCC2CCCCO2)c1F. The summed E-state index contributed by atoms with van der Waals surface area (Å²) in [6.07, 6.45) is 3.75. The lowest BCUT2D eigenvalue weighted by Gasteiger charge is -2.22. The highest BCUT2D eigenvalue weighted by molar-refractivity contribution is 7.89. The number of anilines is 1. The van der Waals surface area contributed by atoms with E-state index in [2.05, 4.69) is 4.72 Å². The van der Waals surface area contributed by atoms with E-state index in [0.29, 0.717) is 6.42 Å². The second kappa shape index (κ2) is 6.72. The van der Waals surface area contributed by atoms with Gasteiger partial charge in [-0.1, -0.05) is 0 Å². The molecule has 1 aromatic carbocycles. The molecule has 1 heterocycles. The number of nitrogens with two attached hydrogens (primary N) is 1. The van der Waals surface area contributed by atoms with Crippen molar-refractivity contribution >= 4 is 15.7 Å². The standard InChI is InChI=1S/C14H21FN2O3S/c1-10-8-11(16)9-13(14(10)15)21(18,19)17-6-5-12-4-2-3-7-20-12/h8-9,12,17H,2-7,16H2,1H3. The first-order chi connectivity index (χ1) is 9.90. The van der Waals surface area contributed by atoms with Crippen molar-refractivity contribution in [2.45, 2.75) is 43.6 Å². The molecule has 2 rings (SSSR count). The lowest BCUT2D eigenvalue weighted by atomic mass is 10.1. The van der Waals surface area contributed by atoms with Crippen molar-refractivity contribution < 1.29 is 17.5 Å². The fourth-order valence-electron chi connectivity index (χ4n) is 2.43. The summed E-state index contributed by atoms with van der Waals surface area (Å²) in [6, 6.07) is 2.55. The first kappa shape index (κ1) is 16.2. The van der Waals surface area contributed by atoms with Gasteiger partial charge in [0.1, 0.15) is 10.7 Å². The average Bonchev–Trinajstić information content (AvgIpc) is 2.43. The van der Waals surface area contributed by atoms with E-state index in [1.807, 2.05) is 0 Å². The molecule has 0 spiro atoms. The van der Waals surface area contributed by atoms with Crippen molar-refractivity contribution in [2.24, 2.45) is 0 Å². The third-order valence-electron chi connectivity index (χ3n) is 3.57. The van der Waals surface area contributed by atoms with Gasteiger partial charge in [0.25, 0.3) is 0 Å². The molecule has 118 valence electrons. The van der Waals surface area contributed by atoms with Gasteiger partial charge in [0.2, 0.25) is 10.0 Å². The Balaban J connectivity index is 2.01. The van der Waals surface area contributed by atoms with E-state index in [4.69, 9.17) is 10.5 Å². The van der Waals surface area contributed by atoms with E-state index in [1.54, 1.807) is 0 Å². The molecule has 1 unspecified atom stereocenters. The Morgan fingerprint density at radius 1 is 1.43 bits per heavy atom. The van der Waals surface area contributed by atoms with Crippen LogP contribution in [0.4, 0.5) is 10.1 Å². The summed E-state index contributed by atoms with van der Waals surface area (Å²) in [5, 5.41) is 0. The lowest BCUT2D eigenvalue weighted by molar-refractivity contribution is 0.0123. The second-order valence-corrected chi connectivity index (χ2v) is 7.06. The van der Waals surface area contributed by atoms with E-state index >= 15 is 0 Å². The Bertz CT molecular complexity index is 598. The molecule has 0 bridgehead atoms. The zero-order valence-electron chi connectivity index (χ0n) is 12.1. The van der Waals surface area contributed by atoms with Crippen LogP contribution in [0.5, 0.6) is 0 Å². The average molecular weight is 316 g/mol. The van der Waals surface area contributed by atoms with Gasteiger partial charge in [-0.25, -0.2) is 17.5 Å². The van der Waals surface area contributed by atoms with Crippen LogP contribution in [0.15, 0.2) is 17.0 Å². The summed E-state index contributed by atoms with van der Waals surface area (Å²) in [5.41, 5.74) is 6.03. The molecular formula is C14H21FN2O3S. The molecule has 1 atom stereocenters. The predicted octanol–water partition coefficient (Wildman–Crippen LogP) is 1.95. The fraction of sp³-hybridized carbons (Fsp3) is 0.571. The van der Waals surface area contributed by atoms with Crippen LogP contribution in [-0.2, 0) is 14.8 Å². The molecule has 7 heteroatoms. The maximum absolute atomic E-state index is 14.0. The third kappa shape index (κ3) is 4.15. The van der Waals surface area contributed by atoms with Gasteiger partial charge in [0.05, 0.1) is 6.10 Å². The topological polar surface area (TPSA) is 81.4 Å². The lowest BCUT2D eigenvalue weighted by Crippen LogP contribution is -2.30. The zero-order chi connectivity index (χ0) is 15.5. The maximum Gasteiger partial charge on any atom is 0.243 e. The molecular weight excluding hydrogens is 295 g/mol. The summed E-state index contributed by atoms with van der Waals surface area (Å²) >= 11 is 0. The largest absolute Gasteiger partial charge is 0.399 e. The van der Waals surface area contributed by atoms with Crippen LogP contribution in [0.25, 0.3) is 0 Å². The number of hydrogen-bond acceptors (Lipinski definition) is 4. The molecule has 21 heavy (non-hydrogen) atoms. The molecule has 0 aliphatic carbocycles. The molecule has 1 saturated heterocycles. The first-order valence-corrected chi connectivity index (χ1v) is 8.55. The minimum absolute atomic E-state index is 0.0777. The number of hydrogen-bond donors (Lipinski definition) is 2. The van der Waals surface area contributed by atoms with Crippen LogP contribution in [0.2, 0.25) is 0 Å². The minimum Gasteiger partial charge on any atom is -0.399 e. The number of ether oxygens (including phenoxy) is 1. The Morgan fingerprint density at radius 3 is 2.86 bits per heavy atom. The van der Waals surface area contributed by atoms with E-state index in [-0.39, 0.29) is 23.9 Å². The number of nitrogens with one attached hydrogen (secondary N) is 1. The van der Waals surface area contributed by atoms with Crippen molar-refractivity contribution in [3.63, 3.8) is 0 Å². The number of nitrogen functional groups attached to an aromatic ring is 1. The normalized spacial score (nSPS) is 19.6. The van der Waals surface area contributed by atoms with Crippen LogP contribution in [0.3, 0.4) is 0 Å². The number of halogens is 1. The summed E-state index contributed by atoms with van der Waals surface area (Å²) in [5.74, 6) is -0.759. The molecule has 1 aliphatic heterocycles. The summed E-state index contributed by atoms with van der Waals surface area (Å²) < 4.78 is 46.2. The highest BCUT2D eigenvalue weighted by Crippen LogP contribution is 2.21. The van der Waals surface area contributed by atoms with Gasteiger partial charge >= 0.3 is 0 Å². The molecule has 1 aromatic rings. The van der Waals surface area contributed by atoms with Crippen LogP contribution in [0.1, 0.15) is 31.2 Å². The monoisotopic (exact) mass is 316 g/mol. The van der Waals surface area contributed by atoms with Gasteiger partial charge < -0.3 is 10.5 Å². The van der Waals surface area contributed by atoms with Crippen LogP contribution in [0, 0.1) is 12.7 Å². The summed E-state index contributed by atoms with van der Waals surface area (Å²) in [7, 11) is -3.90. The molecule has 0 saturated carbocycles. The number of sulfonamides is 1. The summed E-state index contributed by atoms with van der Waals surface area (Å²) in [6.45, 7) is 2.43. The molecule has 0 aromatic heterocycles. The van der Waals surface area contributed by atoms with E-state index in [9.17, 15) is 12.8 Å². The third-order valence-corrected chi connectivity index (χ3v) is 5.03. The van der Waals surface area contributed by atoms with Gasteiger partial charge in [0.15, 0.2) is 0 Å². The van der Waals surface area contributed by atoms with Crippen molar-refractivity contribution in [1.29, 1.82) is 0 Å². The highest BCUT2D eigenvalue weighted by Gasteiger charge is 2.22. The smallest absolute Gasteiger partial charge is 0.243 e. The Kier molecular flexibility index (Phi) is 5.18. The molecule has 1 fully saturated rings. The number of benzene rings is 1. The first-order valence-electron chi connectivity index (χ1n) is 7.07. The van der Waals surface area contributed by atoms with Crippen molar-refractivity contribution in [3.8, 4) is 0 Å². The summed E-state index contributed by atoms with van der Waals surface area (Å²) in [4.78, 5) is -0.399. The zero-order valence-corrected chi connectivity index (χ0v) is 12.9. The molecule has 5 nitrogen and oxygen atoms in total. The van der Waals surface area contributed by atoms with Crippen molar-refractivity contribution in [2.75, 3.05) is 18.9 Å². The molecule has 0 amide bonds. The number of rotatable bonds is 5. The van der Waals surface area contributed by atoms with E-state index in [0.717, 1.165) is 31.9 Å². The van der Waals surface area contributed by atoms with E-state index < -0.39 is 20.7 Å². The van der Waals surface area contributed by atoms with Gasteiger partial charge in [-0.05, 0) is 50.3 Å². The Hall–Kier alpha value is -1.18. The van der Waals surface area contributed by atoms with Crippen LogP contribution in [-0.4, -0.2) is 27.7 Å². The van der Waals surface area contributed by atoms with Crippen LogP contribution < -0.4 is 10.5 Å². The van der Waals surface area contributed by atoms with Crippen molar-refractivity contribution in [3.05, 3.63) is 23.5 Å². The van der Waals surface area contributed by atoms with Crippen LogP contribution >= 0.6 is 0 Å².